The predicted octanol–water partition coefficient (Wildman–Crippen LogP) is 2.37. The van der Waals surface area contributed by atoms with Gasteiger partial charge in [0.2, 0.25) is 5.95 Å². The Bertz CT molecular complexity index is 1030. The monoisotopic (exact) mass is 379 g/mol. The van der Waals surface area contributed by atoms with Crippen LogP contribution in [0.4, 0.5) is 10.1 Å². The average Bonchev–Trinajstić information content (AvgIpc) is 3.14. The standard InChI is InChI=1S/C19H18FN7O/c1-26-11-24-25-19(26)12-4-6-27(7-5-12)18-14(8-21)15(28)10-23-17(18)13-2-3-16(20)22-9-13/h2-3,9-12,28H,4-7H2,1H3. The van der Waals surface area contributed by atoms with Crippen molar-refractivity contribution >= 4 is 5.69 Å². The second kappa shape index (κ2) is 7.23. The van der Waals surface area contributed by atoms with Crippen molar-refractivity contribution in [2.75, 3.05) is 18.0 Å². The fourth-order valence-electron chi connectivity index (χ4n) is 3.66. The summed E-state index contributed by atoms with van der Waals surface area (Å²) in [5.74, 6) is 0.452. The van der Waals surface area contributed by atoms with Gasteiger partial charge in [-0.3, -0.25) is 4.98 Å². The van der Waals surface area contributed by atoms with E-state index in [0.717, 1.165) is 18.7 Å². The van der Waals surface area contributed by atoms with Gasteiger partial charge in [0.25, 0.3) is 0 Å². The first-order valence-corrected chi connectivity index (χ1v) is 8.91. The van der Waals surface area contributed by atoms with Crippen molar-refractivity contribution in [1.82, 2.24) is 24.7 Å². The van der Waals surface area contributed by atoms with Crippen molar-refractivity contribution in [2.45, 2.75) is 18.8 Å². The Balaban J connectivity index is 1.69. The molecule has 0 aromatic carbocycles. The number of rotatable bonds is 3. The van der Waals surface area contributed by atoms with Crippen LogP contribution in [0, 0.1) is 17.3 Å². The minimum atomic E-state index is -0.589. The minimum Gasteiger partial charge on any atom is -0.505 e. The molecule has 4 heterocycles. The Morgan fingerprint density at radius 2 is 2.00 bits per heavy atom. The molecule has 0 unspecified atom stereocenters. The van der Waals surface area contributed by atoms with Gasteiger partial charge in [-0.05, 0) is 25.0 Å². The highest BCUT2D eigenvalue weighted by atomic mass is 19.1. The van der Waals surface area contributed by atoms with E-state index in [1.165, 1.54) is 18.5 Å². The zero-order valence-corrected chi connectivity index (χ0v) is 15.2. The molecule has 1 fully saturated rings. The van der Waals surface area contributed by atoms with Crippen molar-refractivity contribution in [3.63, 3.8) is 0 Å². The van der Waals surface area contributed by atoms with Gasteiger partial charge in [-0.25, -0.2) is 4.98 Å². The zero-order chi connectivity index (χ0) is 19.7. The maximum atomic E-state index is 13.2. The summed E-state index contributed by atoms with van der Waals surface area (Å²) in [6.45, 7) is 1.33. The molecule has 1 saturated heterocycles. The number of halogens is 1. The summed E-state index contributed by atoms with van der Waals surface area (Å²) in [4.78, 5) is 10.0. The van der Waals surface area contributed by atoms with Crippen LogP contribution in [0.5, 0.6) is 5.75 Å². The van der Waals surface area contributed by atoms with E-state index in [1.807, 2.05) is 16.5 Å². The van der Waals surface area contributed by atoms with E-state index in [-0.39, 0.29) is 17.2 Å². The molecule has 1 N–H and O–H groups in total. The number of aromatic hydroxyl groups is 1. The first-order valence-electron chi connectivity index (χ1n) is 8.91. The molecule has 4 rings (SSSR count). The number of anilines is 1. The first-order chi connectivity index (χ1) is 13.6. The zero-order valence-electron chi connectivity index (χ0n) is 15.2. The topological polar surface area (TPSA) is 104 Å². The van der Waals surface area contributed by atoms with Crippen LogP contribution in [0.15, 0.2) is 30.9 Å². The fourth-order valence-corrected chi connectivity index (χ4v) is 3.66. The number of nitriles is 1. The van der Waals surface area contributed by atoms with Gasteiger partial charge < -0.3 is 14.6 Å². The van der Waals surface area contributed by atoms with E-state index in [2.05, 4.69) is 26.2 Å². The van der Waals surface area contributed by atoms with E-state index < -0.39 is 5.95 Å². The quantitative estimate of drug-likeness (QED) is 0.697. The van der Waals surface area contributed by atoms with Crippen LogP contribution < -0.4 is 4.90 Å². The van der Waals surface area contributed by atoms with E-state index >= 15 is 0 Å². The van der Waals surface area contributed by atoms with Crippen molar-refractivity contribution in [2.24, 2.45) is 7.05 Å². The average molecular weight is 379 g/mol. The molecule has 1 aliphatic heterocycles. The Kier molecular flexibility index (Phi) is 4.61. The molecule has 28 heavy (non-hydrogen) atoms. The highest BCUT2D eigenvalue weighted by Crippen LogP contribution is 2.39. The van der Waals surface area contributed by atoms with E-state index in [1.54, 1.807) is 12.4 Å². The third kappa shape index (κ3) is 3.13. The molecule has 9 heteroatoms. The molecule has 3 aromatic rings. The van der Waals surface area contributed by atoms with Gasteiger partial charge >= 0.3 is 0 Å². The van der Waals surface area contributed by atoms with E-state index in [9.17, 15) is 14.8 Å². The van der Waals surface area contributed by atoms with Crippen LogP contribution in [0.1, 0.15) is 30.1 Å². The smallest absolute Gasteiger partial charge is 0.212 e. The summed E-state index contributed by atoms with van der Waals surface area (Å²) in [5, 5.41) is 27.9. The maximum absolute atomic E-state index is 13.2. The third-order valence-corrected chi connectivity index (χ3v) is 5.07. The van der Waals surface area contributed by atoms with Crippen molar-refractivity contribution in [3.05, 3.63) is 48.2 Å². The van der Waals surface area contributed by atoms with Gasteiger partial charge in [0, 0.05) is 37.8 Å². The third-order valence-electron chi connectivity index (χ3n) is 5.07. The Labute approximate surface area is 160 Å². The summed E-state index contributed by atoms with van der Waals surface area (Å²) in [7, 11) is 1.92. The van der Waals surface area contributed by atoms with Crippen LogP contribution in [0.2, 0.25) is 0 Å². The maximum Gasteiger partial charge on any atom is 0.212 e. The van der Waals surface area contributed by atoms with Crippen LogP contribution >= 0.6 is 0 Å². The van der Waals surface area contributed by atoms with Crippen molar-refractivity contribution < 1.29 is 9.50 Å². The van der Waals surface area contributed by atoms with Gasteiger partial charge in [-0.15, -0.1) is 10.2 Å². The minimum absolute atomic E-state index is 0.159. The summed E-state index contributed by atoms with van der Waals surface area (Å²) in [6, 6.07) is 4.90. The van der Waals surface area contributed by atoms with Gasteiger partial charge in [0.05, 0.1) is 17.6 Å². The molecule has 0 amide bonds. The van der Waals surface area contributed by atoms with Crippen molar-refractivity contribution in [1.29, 1.82) is 5.26 Å². The molecule has 0 radical (unpaired) electrons. The number of hydrogen-bond acceptors (Lipinski definition) is 7. The summed E-state index contributed by atoms with van der Waals surface area (Å²) < 4.78 is 15.2. The lowest BCUT2D eigenvalue weighted by Crippen LogP contribution is -2.34. The van der Waals surface area contributed by atoms with Crippen molar-refractivity contribution in [3.8, 4) is 23.1 Å². The fraction of sp³-hybridized carbons (Fsp3) is 0.316. The number of hydrogen-bond donors (Lipinski definition) is 1. The number of aryl methyl sites for hydroxylation is 1. The molecule has 0 bridgehead atoms. The summed E-state index contributed by atoms with van der Waals surface area (Å²) in [5.41, 5.74) is 1.79. The summed E-state index contributed by atoms with van der Waals surface area (Å²) >= 11 is 0. The number of nitrogens with zero attached hydrogens (tertiary/aromatic N) is 7. The lowest BCUT2D eigenvalue weighted by Gasteiger charge is -2.34. The molecule has 3 aromatic heterocycles. The SMILES string of the molecule is Cn1cnnc1C1CCN(c2c(-c3ccc(F)nc3)ncc(O)c2C#N)CC1. The second-order valence-corrected chi connectivity index (χ2v) is 6.76. The molecule has 0 saturated carbocycles. The Morgan fingerprint density at radius 3 is 2.61 bits per heavy atom. The van der Waals surface area contributed by atoms with Crippen LogP contribution in [0.3, 0.4) is 0 Å². The predicted molar refractivity (Wildman–Crippen MR) is 99.0 cm³/mol. The first kappa shape index (κ1) is 17.9. The lowest BCUT2D eigenvalue weighted by molar-refractivity contribution is 0.463. The van der Waals surface area contributed by atoms with E-state index in [4.69, 9.17) is 0 Å². The molecular weight excluding hydrogens is 361 g/mol. The lowest BCUT2D eigenvalue weighted by atomic mass is 9.94. The molecule has 1 aliphatic rings. The van der Waals surface area contributed by atoms with Gasteiger partial charge in [-0.2, -0.15) is 9.65 Å². The molecular formula is C19H18FN7O. The summed E-state index contributed by atoms with van der Waals surface area (Å²) in [6.07, 6.45) is 5.97. The Hall–Kier alpha value is -3.54. The van der Waals surface area contributed by atoms with Gasteiger partial charge in [0.1, 0.15) is 23.8 Å². The van der Waals surface area contributed by atoms with Crippen LogP contribution in [0.25, 0.3) is 11.3 Å². The van der Waals surface area contributed by atoms with Gasteiger partial charge in [-0.1, -0.05) is 0 Å². The number of aromatic nitrogens is 5. The second-order valence-electron chi connectivity index (χ2n) is 6.76. The molecule has 0 spiro atoms. The van der Waals surface area contributed by atoms with E-state index in [0.29, 0.717) is 30.0 Å². The molecule has 142 valence electrons. The Morgan fingerprint density at radius 1 is 1.21 bits per heavy atom. The largest absolute Gasteiger partial charge is 0.505 e. The van der Waals surface area contributed by atoms with Crippen LogP contribution in [-0.4, -0.2) is 42.9 Å². The van der Waals surface area contributed by atoms with Crippen LogP contribution in [-0.2, 0) is 7.05 Å². The van der Waals surface area contributed by atoms with Gasteiger partial charge in [0.15, 0.2) is 5.75 Å². The normalized spacial score (nSPS) is 14.8. The molecule has 0 aliphatic carbocycles. The highest BCUT2D eigenvalue weighted by Gasteiger charge is 2.28. The molecule has 8 nitrogen and oxygen atoms in total. The number of piperidine rings is 1. The highest BCUT2D eigenvalue weighted by molar-refractivity contribution is 5.81. The molecule has 0 atom stereocenters. The number of pyridine rings is 2.